The zero-order chi connectivity index (χ0) is 7.33. The Morgan fingerprint density at radius 2 is 1.44 bits per heavy atom. The maximum absolute atomic E-state index is 10.3. The van der Waals surface area contributed by atoms with Crippen molar-refractivity contribution in [2.24, 2.45) is 0 Å². The van der Waals surface area contributed by atoms with Crippen molar-refractivity contribution in [3.63, 3.8) is 0 Å². The van der Waals surface area contributed by atoms with Gasteiger partial charge in [0.05, 0.1) is 0 Å². The number of rotatable bonds is 4. The Balaban J connectivity index is 3.98. The highest BCUT2D eigenvalue weighted by Crippen LogP contribution is 1.97. The molecule has 9 heteroatoms. The van der Waals surface area contributed by atoms with Crippen LogP contribution in [0.3, 0.4) is 0 Å². The van der Waals surface area contributed by atoms with Gasteiger partial charge in [-0.3, -0.25) is 0 Å². The molecule has 10 radical (unpaired) electrons. The fraction of sp³-hybridized carbons (Fsp3) is 0. The Kier molecular flexibility index (Phi) is 4.95. The molecular weight excluding hydrogens is 204 g/mol. The highest BCUT2D eigenvalue weighted by Gasteiger charge is 2.37. The Morgan fingerprint density at radius 3 is 1.44 bits per heavy atom. The quantitative estimate of drug-likeness (QED) is 0.486. The summed E-state index contributed by atoms with van der Waals surface area (Å²) in [7, 11) is 4.19. The molecule has 0 fully saturated rings. The summed E-state index contributed by atoms with van der Waals surface area (Å²) in [6.45, 7) is 0. The van der Waals surface area contributed by atoms with Gasteiger partial charge in [0.1, 0.15) is 0 Å². The molecule has 0 saturated carbocycles. The molecule has 0 aliphatic rings. The van der Waals surface area contributed by atoms with E-state index >= 15 is 0 Å². The number of hydrogen-bond donors (Lipinski definition) is 0. The average molecular weight is 204 g/mol. The Labute approximate surface area is 65.9 Å². The molecule has 0 aliphatic heterocycles. The molecule has 0 atom stereocenters. The summed E-state index contributed by atoms with van der Waals surface area (Å²) in [5.41, 5.74) is 0. The normalized spacial score (nSPS) is 11.4. The van der Waals surface area contributed by atoms with Crippen molar-refractivity contribution in [2.45, 2.75) is 0 Å². The molecule has 0 spiro atoms. The number of hydrogen-bond acceptors (Lipinski definition) is 4. The molecule has 0 heterocycles. The van der Waals surface area contributed by atoms with Gasteiger partial charge < -0.3 is 16.8 Å². The molecule has 0 aromatic heterocycles. The van der Waals surface area contributed by atoms with Crippen molar-refractivity contribution in [3.05, 3.63) is 0 Å². The molecule has 4 nitrogen and oxygen atoms in total. The van der Waals surface area contributed by atoms with Gasteiger partial charge in [0.15, 0.2) is 0 Å². The van der Waals surface area contributed by atoms with E-state index < -0.39 is 17.2 Å². The minimum absolute atomic E-state index is 0.804. The first-order chi connectivity index (χ1) is 4.24. The lowest BCUT2D eigenvalue weighted by Gasteiger charge is -2.17. The first kappa shape index (κ1) is 9.76. The molecule has 0 amide bonds. The van der Waals surface area contributed by atoms with Crippen molar-refractivity contribution >= 4 is 48.7 Å². The van der Waals surface area contributed by atoms with Crippen LogP contribution < -0.4 is 0 Å². The van der Waals surface area contributed by atoms with E-state index in [4.69, 9.17) is 0 Å². The summed E-state index contributed by atoms with van der Waals surface area (Å²) in [5.74, 6) is 0. The third-order valence-electron chi connectivity index (χ3n) is 0.528. The molecule has 0 aromatic carbocycles. The SMILES string of the molecule is O=[Si][Si](O[Si])(O[Si])O[Si]. The minimum Gasteiger partial charge on any atom is -0.415 e. The monoisotopic (exact) mass is 204 g/mol. The van der Waals surface area contributed by atoms with Crippen LogP contribution in [0.25, 0.3) is 0 Å². The summed E-state index contributed by atoms with van der Waals surface area (Å²) in [4.78, 5) is 0. The van der Waals surface area contributed by atoms with Gasteiger partial charge in [-0.05, 0) is 0 Å². The highest BCUT2D eigenvalue weighted by atomic mass is 29.2. The van der Waals surface area contributed by atoms with Gasteiger partial charge in [-0.25, -0.2) is 0 Å². The second-order valence-corrected chi connectivity index (χ2v) is 7.18. The van der Waals surface area contributed by atoms with Crippen LogP contribution in [0.5, 0.6) is 0 Å². The first-order valence-corrected chi connectivity index (χ1v) is 6.54. The molecule has 0 aliphatic carbocycles. The summed E-state index contributed by atoms with van der Waals surface area (Å²) < 4.78 is 23.7. The van der Waals surface area contributed by atoms with Crippen molar-refractivity contribution < 1.29 is 16.8 Å². The molecule has 0 unspecified atom stereocenters. The summed E-state index contributed by atoms with van der Waals surface area (Å²) in [5, 5.41) is 0. The van der Waals surface area contributed by atoms with Gasteiger partial charge in [-0.1, -0.05) is 0 Å². The van der Waals surface area contributed by atoms with E-state index in [2.05, 4.69) is 43.8 Å². The van der Waals surface area contributed by atoms with Crippen LogP contribution in [-0.4, -0.2) is 48.7 Å². The molecule has 0 rings (SSSR count). The lowest BCUT2D eigenvalue weighted by molar-refractivity contribution is 0.324. The second kappa shape index (κ2) is 4.56. The molecule has 0 bridgehead atoms. The minimum atomic E-state index is -2.98. The molecule has 9 heavy (non-hydrogen) atoms. The highest BCUT2D eigenvalue weighted by molar-refractivity contribution is 7.11. The third kappa shape index (κ3) is 2.46. The molecule has 0 saturated heterocycles. The Hall–Kier alpha value is 0.764. The zero-order valence-electron chi connectivity index (χ0n) is 4.13. The summed E-state index contributed by atoms with van der Waals surface area (Å²) >= 11 is 0. The standard InChI is InChI=1S/O4Si5/c1-8-9(2-5,3-6)4-7. The van der Waals surface area contributed by atoms with Gasteiger partial charge in [-0.15, -0.1) is 0 Å². The van der Waals surface area contributed by atoms with Crippen molar-refractivity contribution in [1.29, 1.82) is 0 Å². The van der Waals surface area contributed by atoms with Gasteiger partial charge in [0.2, 0.25) is 31.5 Å². The molecule has 0 N–H and O–H groups in total. The van der Waals surface area contributed by atoms with Crippen LogP contribution in [0.2, 0.25) is 0 Å². The van der Waals surface area contributed by atoms with Crippen LogP contribution in [0.15, 0.2) is 0 Å². The van der Waals surface area contributed by atoms with E-state index in [9.17, 15) is 4.46 Å². The van der Waals surface area contributed by atoms with Gasteiger partial charge in [-0.2, -0.15) is 0 Å². The molecule has 44 valence electrons. The van der Waals surface area contributed by atoms with Crippen LogP contribution in [0.1, 0.15) is 0 Å². The van der Waals surface area contributed by atoms with Crippen molar-refractivity contribution in [3.8, 4) is 0 Å². The zero-order valence-corrected chi connectivity index (χ0v) is 9.13. The van der Waals surface area contributed by atoms with Crippen LogP contribution >= 0.6 is 0 Å². The van der Waals surface area contributed by atoms with Gasteiger partial charge in [0.25, 0.3) is 0 Å². The van der Waals surface area contributed by atoms with Gasteiger partial charge in [0, 0.05) is 0 Å². The van der Waals surface area contributed by atoms with E-state index in [0.29, 0.717) is 0 Å². The molecule has 0 aromatic rings. The van der Waals surface area contributed by atoms with Crippen molar-refractivity contribution in [1.82, 2.24) is 0 Å². The smallest absolute Gasteiger partial charge is 0.415 e. The van der Waals surface area contributed by atoms with E-state index in [0.717, 1.165) is 0 Å². The Morgan fingerprint density at radius 1 is 1.11 bits per heavy atom. The van der Waals surface area contributed by atoms with E-state index in [-0.39, 0.29) is 0 Å². The van der Waals surface area contributed by atoms with Crippen LogP contribution in [-0.2, 0) is 16.8 Å². The maximum atomic E-state index is 10.3. The van der Waals surface area contributed by atoms with Gasteiger partial charge >= 0.3 is 17.2 Å². The van der Waals surface area contributed by atoms with Crippen LogP contribution in [0.4, 0.5) is 0 Å². The topological polar surface area (TPSA) is 44.8 Å². The lowest BCUT2D eigenvalue weighted by Crippen LogP contribution is -2.47. The fourth-order valence-corrected chi connectivity index (χ4v) is 3.38. The summed E-state index contributed by atoms with van der Waals surface area (Å²) in [6.07, 6.45) is 0. The first-order valence-electron chi connectivity index (χ1n) is 1.68. The van der Waals surface area contributed by atoms with Crippen molar-refractivity contribution in [2.75, 3.05) is 0 Å². The largest absolute Gasteiger partial charge is 0.513 e. The Bertz CT molecular complexity index is 78.7. The lowest BCUT2D eigenvalue weighted by atomic mass is 15.7. The average Bonchev–Trinajstić information content (AvgIpc) is 1.95. The maximum Gasteiger partial charge on any atom is 0.513 e. The van der Waals surface area contributed by atoms with Crippen LogP contribution in [0, 0.1) is 0 Å². The fourth-order valence-electron chi connectivity index (χ4n) is 0.125. The summed E-state index contributed by atoms with van der Waals surface area (Å²) in [6, 6.07) is 0. The second-order valence-electron chi connectivity index (χ2n) is 0.964. The van der Waals surface area contributed by atoms with E-state index in [1.54, 1.807) is 0 Å². The predicted molar refractivity (Wildman–Crippen MR) is 32.7 cm³/mol. The third-order valence-corrected chi connectivity index (χ3v) is 7.51. The van der Waals surface area contributed by atoms with E-state index in [1.165, 1.54) is 0 Å². The van der Waals surface area contributed by atoms with E-state index in [1.807, 2.05) is 0 Å². The predicted octanol–water partition coefficient (Wildman–Crippen LogP) is -2.23. The molecular formula is O4Si5.